The summed E-state index contributed by atoms with van der Waals surface area (Å²) in [5, 5.41) is 2.62. The molecule has 1 saturated carbocycles. The summed E-state index contributed by atoms with van der Waals surface area (Å²) in [7, 11) is 0. The molecule has 2 atom stereocenters. The fourth-order valence-corrected chi connectivity index (χ4v) is 3.05. The largest absolute Gasteiger partial charge is 0.416 e. The third kappa shape index (κ3) is 4.85. The van der Waals surface area contributed by atoms with Crippen LogP contribution in [0.4, 0.5) is 13.2 Å². The van der Waals surface area contributed by atoms with E-state index in [9.17, 15) is 18.0 Å². The molecule has 3 nitrogen and oxygen atoms in total. The minimum atomic E-state index is -4.42. The lowest BCUT2D eigenvalue weighted by Gasteiger charge is -2.37. The van der Waals surface area contributed by atoms with Crippen molar-refractivity contribution in [1.82, 2.24) is 5.32 Å². The van der Waals surface area contributed by atoms with Crippen molar-refractivity contribution in [3.05, 3.63) is 35.4 Å². The molecule has 3 N–H and O–H groups in total. The first kappa shape index (κ1) is 19.8. The van der Waals surface area contributed by atoms with Gasteiger partial charge in [-0.2, -0.15) is 13.2 Å². The number of alkyl halides is 3. The molecule has 1 aliphatic carbocycles. The first-order valence-corrected chi connectivity index (χ1v) is 7.43. The number of benzene rings is 1. The van der Waals surface area contributed by atoms with Crippen LogP contribution in [0.15, 0.2) is 24.3 Å². The number of nitrogens with one attached hydrogen (secondary N) is 1. The Balaban J connectivity index is 0.00000264. The van der Waals surface area contributed by atoms with E-state index in [1.54, 1.807) is 0 Å². The first-order chi connectivity index (χ1) is 10.2. The molecular weight excluding hydrogens is 329 g/mol. The maximum atomic E-state index is 12.9. The minimum absolute atomic E-state index is 0. The molecule has 0 bridgehead atoms. The van der Waals surface area contributed by atoms with Crippen molar-refractivity contribution in [2.45, 2.75) is 50.9 Å². The third-order valence-corrected chi connectivity index (χ3v) is 4.35. The van der Waals surface area contributed by atoms with Gasteiger partial charge in [0.15, 0.2) is 0 Å². The molecule has 0 radical (unpaired) electrons. The van der Waals surface area contributed by atoms with Crippen molar-refractivity contribution in [2.24, 2.45) is 11.7 Å². The van der Waals surface area contributed by atoms with Crippen LogP contribution >= 0.6 is 12.4 Å². The minimum Gasteiger partial charge on any atom is -0.352 e. The van der Waals surface area contributed by atoms with Crippen molar-refractivity contribution in [2.75, 3.05) is 0 Å². The maximum Gasteiger partial charge on any atom is 0.416 e. The van der Waals surface area contributed by atoms with Gasteiger partial charge in [0.05, 0.1) is 11.5 Å². The van der Waals surface area contributed by atoms with Gasteiger partial charge in [-0.25, -0.2) is 0 Å². The molecule has 0 saturated heterocycles. The molecule has 1 fully saturated rings. The van der Waals surface area contributed by atoms with E-state index in [0.717, 1.165) is 25.3 Å². The van der Waals surface area contributed by atoms with Crippen molar-refractivity contribution in [3.8, 4) is 0 Å². The second-order valence-corrected chi connectivity index (χ2v) is 6.18. The number of hydrogen-bond acceptors (Lipinski definition) is 2. The Morgan fingerprint density at radius 3 is 2.61 bits per heavy atom. The molecule has 0 heterocycles. The van der Waals surface area contributed by atoms with Crippen LogP contribution in [0, 0.1) is 5.92 Å². The van der Waals surface area contributed by atoms with Crippen LogP contribution in [0.2, 0.25) is 0 Å². The van der Waals surface area contributed by atoms with Crippen molar-refractivity contribution < 1.29 is 18.0 Å². The van der Waals surface area contributed by atoms with Crippen LogP contribution in [-0.2, 0) is 17.5 Å². The summed E-state index contributed by atoms with van der Waals surface area (Å²) in [5.74, 6) is -0.610. The predicted octanol–water partition coefficient (Wildman–Crippen LogP) is 3.65. The fourth-order valence-electron chi connectivity index (χ4n) is 3.05. The molecule has 1 aromatic carbocycles. The van der Waals surface area contributed by atoms with Crippen LogP contribution < -0.4 is 11.1 Å². The topological polar surface area (TPSA) is 55.1 Å². The molecule has 23 heavy (non-hydrogen) atoms. The van der Waals surface area contributed by atoms with Crippen molar-refractivity contribution in [3.63, 3.8) is 0 Å². The van der Waals surface area contributed by atoms with Gasteiger partial charge in [0.2, 0.25) is 5.91 Å². The number of amides is 1. The Morgan fingerprint density at radius 1 is 1.35 bits per heavy atom. The van der Waals surface area contributed by atoms with E-state index >= 15 is 0 Å². The fraction of sp³-hybridized carbons (Fsp3) is 0.562. The Hall–Kier alpha value is -1.27. The summed E-state index contributed by atoms with van der Waals surface area (Å²) in [6.45, 7) is 1.70. The van der Waals surface area contributed by atoms with E-state index < -0.39 is 17.3 Å². The third-order valence-electron chi connectivity index (χ3n) is 4.35. The Kier molecular flexibility index (Phi) is 6.48. The van der Waals surface area contributed by atoms with E-state index in [-0.39, 0.29) is 36.3 Å². The lowest BCUT2D eigenvalue weighted by atomic mass is 9.74. The Morgan fingerprint density at radius 2 is 2.00 bits per heavy atom. The highest BCUT2D eigenvalue weighted by Crippen LogP contribution is 2.33. The number of halogens is 4. The molecule has 1 aromatic rings. The smallest absolute Gasteiger partial charge is 0.352 e. The van der Waals surface area contributed by atoms with Gasteiger partial charge in [-0.05, 0) is 31.4 Å². The van der Waals surface area contributed by atoms with Gasteiger partial charge in [0.25, 0.3) is 0 Å². The molecule has 130 valence electrons. The highest BCUT2D eigenvalue weighted by Gasteiger charge is 2.38. The maximum absolute atomic E-state index is 12.9. The zero-order valence-electron chi connectivity index (χ0n) is 13.0. The lowest BCUT2D eigenvalue weighted by Crippen LogP contribution is -2.52. The number of carbonyl (C=O) groups excluding carboxylic acids is 1. The number of hydrogen-bond donors (Lipinski definition) is 2. The zero-order valence-corrected chi connectivity index (χ0v) is 13.8. The van der Waals surface area contributed by atoms with Crippen LogP contribution in [0.1, 0.15) is 43.7 Å². The van der Waals surface area contributed by atoms with E-state index in [4.69, 9.17) is 5.73 Å². The van der Waals surface area contributed by atoms with Gasteiger partial charge in [-0.3, -0.25) is 4.79 Å². The monoisotopic (exact) mass is 350 g/mol. The molecule has 0 aliphatic heterocycles. The second kappa shape index (κ2) is 7.53. The first-order valence-electron chi connectivity index (χ1n) is 7.43. The average Bonchev–Trinajstić information content (AvgIpc) is 2.43. The lowest BCUT2D eigenvalue weighted by molar-refractivity contribution is -0.138. The predicted molar refractivity (Wildman–Crippen MR) is 85.1 cm³/mol. The SMILES string of the molecule is CC1(N)CCCCC1C(=O)NCc1ccccc1C(F)(F)F.Cl. The second-order valence-electron chi connectivity index (χ2n) is 6.18. The molecule has 1 amide bonds. The van der Waals surface area contributed by atoms with Gasteiger partial charge in [-0.15, -0.1) is 12.4 Å². The van der Waals surface area contributed by atoms with Crippen LogP contribution in [0.25, 0.3) is 0 Å². The molecule has 0 aromatic heterocycles. The molecule has 2 rings (SSSR count). The van der Waals surface area contributed by atoms with E-state index in [2.05, 4.69) is 5.32 Å². The number of nitrogens with two attached hydrogens (primary N) is 1. The highest BCUT2D eigenvalue weighted by molar-refractivity contribution is 5.85. The van der Waals surface area contributed by atoms with Crippen LogP contribution in [0.5, 0.6) is 0 Å². The van der Waals surface area contributed by atoms with Gasteiger partial charge < -0.3 is 11.1 Å². The zero-order chi connectivity index (χ0) is 16.4. The van der Waals surface area contributed by atoms with Gasteiger partial charge in [0.1, 0.15) is 0 Å². The standard InChI is InChI=1S/C16H21F3N2O.ClH/c1-15(20)9-5-4-8-13(15)14(22)21-10-11-6-2-3-7-12(11)16(17,18)19;/h2-3,6-7,13H,4-5,8-10,20H2,1H3,(H,21,22);1H. The average molecular weight is 351 g/mol. The summed E-state index contributed by atoms with van der Waals surface area (Å²) in [5.41, 5.74) is 4.91. The Labute approximate surface area is 140 Å². The highest BCUT2D eigenvalue weighted by atomic mass is 35.5. The Bertz CT molecular complexity index is 546. The van der Waals surface area contributed by atoms with Gasteiger partial charge >= 0.3 is 6.18 Å². The van der Waals surface area contributed by atoms with E-state index in [0.29, 0.717) is 6.42 Å². The summed E-state index contributed by atoms with van der Waals surface area (Å²) in [4.78, 5) is 12.3. The molecule has 7 heteroatoms. The normalized spacial score (nSPS) is 24.7. The quantitative estimate of drug-likeness (QED) is 0.874. The number of carbonyl (C=O) groups is 1. The summed E-state index contributed by atoms with van der Waals surface area (Å²) >= 11 is 0. The summed E-state index contributed by atoms with van der Waals surface area (Å²) in [6.07, 6.45) is -1.09. The molecule has 0 spiro atoms. The summed E-state index contributed by atoms with van der Waals surface area (Å²) < 4.78 is 38.8. The molecule has 2 unspecified atom stereocenters. The number of rotatable bonds is 3. The molecular formula is C16H22ClF3N2O. The molecule has 1 aliphatic rings. The van der Waals surface area contributed by atoms with Crippen LogP contribution in [0.3, 0.4) is 0 Å². The van der Waals surface area contributed by atoms with Gasteiger partial charge in [-0.1, -0.05) is 31.0 Å². The van der Waals surface area contributed by atoms with E-state index in [1.807, 2.05) is 6.92 Å². The van der Waals surface area contributed by atoms with Crippen LogP contribution in [-0.4, -0.2) is 11.4 Å². The van der Waals surface area contributed by atoms with Crippen molar-refractivity contribution >= 4 is 18.3 Å². The van der Waals surface area contributed by atoms with Gasteiger partial charge in [0, 0.05) is 12.1 Å². The summed E-state index contributed by atoms with van der Waals surface area (Å²) in [6, 6.07) is 5.28. The van der Waals surface area contributed by atoms with E-state index in [1.165, 1.54) is 18.2 Å². The van der Waals surface area contributed by atoms with Crippen molar-refractivity contribution in [1.29, 1.82) is 0 Å².